The molecule has 9 heteroatoms. The Kier molecular flexibility index (Phi) is 8.50. The summed E-state index contributed by atoms with van der Waals surface area (Å²) < 4.78 is 4.94. The number of fused-ring (bicyclic) bond motifs is 1. The van der Waals surface area contributed by atoms with Gasteiger partial charge in [-0.3, -0.25) is 9.59 Å². The lowest BCUT2D eigenvalue weighted by Crippen LogP contribution is -2.43. The van der Waals surface area contributed by atoms with Crippen LogP contribution in [0.3, 0.4) is 0 Å². The van der Waals surface area contributed by atoms with Crippen LogP contribution >= 0.6 is 0 Å². The Bertz CT molecular complexity index is 1460. The Labute approximate surface area is 219 Å². The Morgan fingerprint density at radius 2 is 1.66 bits per heavy atom. The van der Waals surface area contributed by atoms with E-state index in [1.54, 1.807) is 24.3 Å². The van der Waals surface area contributed by atoms with Crippen molar-refractivity contribution in [3.8, 4) is 0 Å². The van der Waals surface area contributed by atoms with Gasteiger partial charge in [-0.25, -0.2) is 4.79 Å². The van der Waals surface area contributed by atoms with E-state index in [1.807, 2.05) is 60.8 Å². The number of aromatic nitrogens is 1. The first-order chi connectivity index (χ1) is 18.5. The van der Waals surface area contributed by atoms with Gasteiger partial charge in [0.25, 0.3) is 11.8 Å². The number of benzene rings is 3. The molecule has 0 aliphatic rings. The molecule has 0 aliphatic heterocycles. The fraction of sp³-hybridized carbons (Fsp3) is 0.172. The highest BCUT2D eigenvalue weighted by molar-refractivity contribution is 6.42. The van der Waals surface area contributed by atoms with Gasteiger partial charge >= 0.3 is 5.97 Å². The number of H-pyrrole nitrogens is 1. The zero-order valence-electron chi connectivity index (χ0n) is 21.1. The van der Waals surface area contributed by atoms with Crippen LogP contribution in [-0.4, -0.2) is 41.6 Å². The summed E-state index contributed by atoms with van der Waals surface area (Å²) in [6, 6.07) is 22.7. The van der Waals surface area contributed by atoms with E-state index in [4.69, 9.17) is 9.57 Å². The van der Waals surface area contributed by atoms with Gasteiger partial charge in [-0.1, -0.05) is 65.8 Å². The third-order valence-corrected chi connectivity index (χ3v) is 5.91. The van der Waals surface area contributed by atoms with Crippen LogP contribution in [-0.2, 0) is 32.2 Å². The number of nitrogens with one attached hydrogen (secondary N) is 3. The number of esters is 1. The number of nitrogens with zero attached hydrogens (tertiary/aromatic N) is 1. The molecule has 1 aromatic heterocycles. The number of carbonyl (C=O) groups excluding carboxylic acids is 3. The number of aromatic amines is 1. The number of hydrogen-bond acceptors (Lipinski definition) is 6. The molecule has 194 valence electrons. The minimum absolute atomic E-state index is 0.0860. The summed E-state index contributed by atoms with van der Waals surface area (Å²) in [5.41, 5.74) is 3.24. The van der Waals surface area contributed by atoms with Gasteiger partial charge in [0.05, 0.1) is 18.4 Å². The summed E-state index contributed by atoms with van der Waals surface area (Å²) in [6.07, 6.45) is 2.03. The molecule has 0 aliphatic carbocycles. The molecule has 0 unspecified atom stereocenters. The molecule has 9 nitrogen and oxygen atoms in total. The van der Waals surface area contributed by atoms with E-state index in [2.05, 4.69) is 20.8 Å². The molecule has 0 spiro atoms. The van der Waals surface area contributed by atoms with Crippen LogP contribution in [0.2, 0.25) is 0 Å². The van der Waals surface area contributed by atoms with Crippen LogP contribution in [0.5, 0.6) is 0 Å². The van der Waals surface area contributed by atoms with E-state index < -0.39 is 23.8 Å². The van der Waals surface area contributed by atoms with Crippen molar-refractivity contribution in [1.82, 2.24) is 10.3 Å². The Hall–Kier alpha value is -4.92. The highest BCUT2D eigenvalue weighted by atomic mass is 16.6. The molecule has 1 atom stereocenters. The molecule has 2 amide bonds. The summed E-state index contributed by atoms with van der Waals surface area (Å²) in [4.78, 5) is 46.9. The van der Waals surface area contributed by atoms with Gasteiger partial charge in [0.15, 0.2) is 0 Å². The number of ether oxygens (including phenoxy) is 1. The lowest BCUT2D eigenvalue weighted by molar-refractivity contribution is -0.142. The third kappa shape index (κ3) is 6.44. The van der Waals surface area contributed by atoms with E-state index in [9.17, 15) is 14.4 Å². The largest absolute Gasteiger partial charge is 0.467 e. The number of para-hydroxylation sites is 2. The van der Waals surface area contributed by atoms with E-state index in [0.717, 1.165) is 22.0 Å². The number of oxime groups is 1. The van der Waals surface area contributed by atoms with Crippen molar-refractivity contribution in [2.24, 2.45) is 5.16 Å². The average molecular weight is 513 g/mol. The topological polar surface area (TPSA) is 122 Å². The maximum absolute atomic E-state index is 13.2. The second-order valence-corrected chi connectivity index (χ2v) is 8.55. The van der Waals surface area contributed by atoms with E-state index in [-0.39, 0.29) is 30.0 Å². The summed E-state index contributed by atoms with van der Waals surface area (Å²) in [7, 11) is 1.27. The second kappa shape index (κ2) is 12.4. The summed E-state index contributed by atoms with van der Waals surface area (Å²) in [5, 5.41) is 10.3. The molecule has 4 rings (SSSR count). The van der Waals surface area contributed by atoms with Gasteiger partial charge in [-0.05, 0) is 36.2 Å². The standard InChI is InChI=1S/C29H28N4O5/c1-19(33-38-18-20-10-4-3-5-11-20)27(34)31-25-15-9-7-13-23(25)28(35)32-26(29(36)37-2)16-21-17-30-24-14-8-6-12-22(21)24/h3-15,17,26,30H,16,18H2,1-2H3,(H,31,34)(H,32,35)/b33-19+/t26-/m0/s1. The molecule has 1 heterocycles. The molecule has 4 aromatic rings. The van der Waals surface area contributed by atoms with Crippen molar-refractivity contribution in [3.05, 3.63) is 102 Å². The minimum atomic E-state index is -0.940. The molecule has 3 aromatic carbocycles. The quantitative estimate of drug-likeness (QED) is 0.167. The van der Waals surface area contributed by atoms with E-state index in [0.29, 0.717) is 0 Å². The second-order valence-electron chi connectivity index (χ2n) is 8.55. The van der Waals surface area contributed by atoms with Gasteiger partial charge < -0.3 is 25.2 Å². The van der Waals surface area contributed by atoms with Crippen LogP contribution in [0.1, 0.15) is 28.4 Å². The highest BCUT2D eigenvalue weighted by Gasteiger charge is 2.25. The van der Waals surface area contributed by atoms with Crippen molar-refractivity contribution >= 4 is 40.1 Å². The van der Waals surface area contributed by atoms with Crippen molar-refractivity contribution < 1.29 is 24.0 Å². The fourth-order valence-electron chi connectivity index (χ4n) is 3.91. The van der Waals surface area contributed by atoms with E-state index in [1.165, 1.54) is 14.0 Å². The SMILES string of the molecule is COC(=O)[C@H](Cc1c[nH]c2ccccc12)NC(=O)c1ccccc1NC(=O)/C(C)=N/OCc1ccccc1. The Morgan fingerprint density at radius 1 is 0.947 bits per heavy atom. The Morgan fingerprint density at radius 3 is 2.45 bits per heavy atom. The molecule has 0 fully saturated rings. The number of rotatable bonds is 10. The lowest BCUT2D eigenvalue weighted by Gasteiger charge is -2.18. The van der Waals surface area contributed by atoms with Crippen molar-refractivity contribution in [2.75, 3.05) is 12.4 Å². The minimum Gasteiger partial charge on any atom is -0.467 e. The van der Waals surface area contributed by atoms with Crippen LogP contribution in [0, 0.1) is 0 Å². The Balaban J connectivity index is 1.45. The number of hydrogen-bond donors (Lipinski definition) is 3. The molecule has 0 saturated carbocycles. The molecule has 0 saturated heterocycles. The first kappa shape index (κ1) is 26.2. The molecular formula is C29H28N4O5. The van der Waals surface area contributed by atoms with Crippen LogP contribution in [0.25, 0.3) is 10.9 Å². The monoisotopic (exact) mass is 512 g/mol. The predicted molar refractivity (Wildman–Crippen MR) is 145 cm³/mol. The van der Waals surface area contributed by atoms with Gasteiger partial charge in [0, 0.05) is 23.5 Å². The molecule has 0 bridgehead atoms. The van der Waals surface area contributed by atoms with Gasteiger partial charge in [0.2, 0.25) is 0 Å². The average Bonchev–Trinajstić information content (AvgIpc) is 3.35. The predicted octanol–water partition coefficient (Wildman–Crippen LogP) is 4.21. The van der Waals surface area contributed by atoms with Gasteiger partial charge in [-0.15, -0.1) is 0 Å². The molecular weight excluding hydrogens is 484 g/mol. The summed E-state index contributed by atoms with van der Waals surface area (Å²) >= 11 is 0. The fourth-order valence-corrected chi connectivity index (χ4v) is 3.91. The van der Waals surface area contributed by atoms with Gasteiger partial charge in [-0.2, -0.15) is 0 Å². The van der Waals surface area contributed by atoms with Crippen LogP contribution < -0.4 is 10.6 Å². The van der Waals surface area contributed by atoms with Crippen LogP contribution in [0.4, 0.5) is 5.69 Å². The van der Waals surface area contributed by atoms with Crippen molar-refractivity contribution in [2.45, 2.75) is 26.0 Å². The van der Waals surface area contributed by atoms with Crippen molar-refractivity contribution in [3.63, 3.8) is 0 Å². The number of amides is 2. The maximum Gasteiger partial charge on any atom is 0.328 e. The van der Waals surface area contributed by atoms with E-state index >= 15 is 0 Å². The first-order valence-electron chi connectivity index (χ1n) is 12.0. The molecule has 0 radical (unpaired) electrons. The third-order valence-electron chi connectivity index (χ3n) is 5.91. The number of carbonyl (C=O) groups is 3. The number of anilines is 1. The summed E-state index contributed by atoms with van der Waals surface area (Å²) in [5.74, 6) is -1.64. The smallest absolute Gasteiger partial charge is 0.328 e. The molecule has 3 N–H and O–H groups in total. The zero-order chi connectivity index (χ0) is 26.9. The summed E-state index contributed by atoms with van der Waals surface area (Å²) in [6.45, 7) is 1.73. The van der Waals surface area contributed by atoms with Crippen molar-refractivity contribution in [1.29, 1.82) is 0 Å². The first-order valence-corrected chi connectivity index (χ1v) is 12.0. The highest BCUT2D eigenvalue weighted by Crippen LogP contribution is 2.20. The molecule has 38 heavy (non-hydrogen) atoms. The van der Waals surface area contributed by atoms with Gasteiger partial charge in [0.1, 0.15) is 18.4 Å². The van der Waals surface area contributed by atoms with Crippen LogP contribution in [0.15, 0.2) is 90.2 Å². The maximum atomic E-state index is 13.2. The number of methoxy groups -OCH3 is 1. The normalized spacial score (nSPS) is 12.0. The lowest BCUT2D eigenvalue weighted by atomic mass is 10.0. The zero-order valence-corrected chi connectivity index (χ0v) is 21.1.